The van der Waals surface area contributed by atoms with Crippen LogP contribution in [0, 0.1) is 23.0 Å². The molecule has 3 aromatic carbocycles. The number of likely N-dealkylation sites (tertiary alicyclic amines) is 1. The second kappa shape index (κ2) is 14.4. The lowest BCUT2D eigenvalue weighted by molar-refractivity contribution is -0.136. The molecule has 3 fully saturated rings. The van der Waals surface area contributed by atoms with Crippen LogP contribution in [-0.4, -0.2) is 92.9 Å². The van der Waals surface area contributed by atoms with E-state index in [1.807, 2.05) is 31.2 Å². The monoisotopic (exact) mass is 810 g/mol. The third kappa shape index (κ3) is 6.58. The summed E-state index contributed by atoms with van der Waals surface area (Å²) in [6, 6.07) is 11.7. The molecule has 14 heteroatoms. The summed E-state index contributed by atoms with van der Waals surface area (Å²) in [5, 5.41) is 3.18. The summed E-state index contributed by atoms with van der Waals surface area (Å²) >= 11 is 0. The molecule has 0 radical (unpaired) electrons. The van der Waals surface area contributed by atoms with Crippen molar-refractivity contribution < 1.29 is 36.7 Å². The number of nitrogens with zero attached hydrogens (tertiary/aromatic N) is 4. The molecule has 1 spiro atoms. The van der Waals surface area contributed by atoms with Gasteiger partial charge in [0.25, 0.3) is 18.2 Å². The topological polar surface area (TPSA) is 109 Å². The summed E-state index contributed by atoms with van der Waals surface area (Å²) in [4.78, 5) is 61.2. The largest absolute Gasteiger partial charge is 0.357 e. The fourth-order valence-electron chi connectivity index (χ4n) is 11.3. The second-order valence-corrected chi connectivity index (χ2v) is 17.9. The highest BCUT2D eigenvalue weighted by atomic mass is 19.3. The number of alkyl halides is 2. The van der Waals surface area contributed by atoms with Crippen LogP contribution in [-0.2, 0) is 35.6 Å². The van der Waals surface area contributed by atoms with E-state index in [1.54, 1.807) is 12.1 Å². The molecule has 59 heavy (non-hydrogen) atoms. The van der Waals surface area contributed by atoms with E-state index in [4.69, 9.17) is 0 Å². The van der Waals surface area contributed by atoms with Gasteiger partial charge in [-0.3, -0.25) is 44.1 Å². The maximum atomic E-state index is 16.2. The number of H-pyrrole nitrogens is 1. The van der Waals surface area contributed by atoms with Crippen LogP contribution >= 0.6 is 0 Å². The SMILES string of the molecule is C[C@@H]1Cc2c([nH]c3ccccc23)[C@@H](c2c(F)cc(CN3CCC4(CC3)CC(CN3Cc5cc6c(cc5C3)C(=O)N(C3CCC(=O)NC3=O)C6=O)C4)cc2F)N1CC(F)F. The Labute approximate surface area is 338 Å². The number of aromatic amines is 1. The van der Waals surface area contributed by atoms with Gasteiger partial charge in [0.15, 0.2) is 0 Å². The zero-order valence-electron chi connectivity index (χ0n) is 32.8. The second-order valence-electron chi connectivity index (χ2n) is 17.9. The number of para-hydroxylation sites is 1. The predicted molar refractivity (Wildman–Crippen MR) is 209 cm³/mol. The van der Waals surface area contributed by atoms with Crippen molar-refractivity contribution in [2.24, 2.45) is 11.3 Å². The van der Waals surface area contributed by atoms with E-state index < -0.39 is 60.3 Å². The number of aromatic nitrogens is 1. The normalized spacial score (nSPS) is 24.9. The zero-order chi connectivity index (χ0) is 40.9. The van der Waals surface area contributed by atoms with Gasteiger partial charge < -0.3 is 4.98 Å². The van der Waals surface area contributed by atoms with Crippen molar-refractivity contribution in [3.63, 3.8) is 0 Å². The number of halogens is 4. The molecule has 10 nitrogen and oxygen atoms in total. The van der Waals surface area contributed by atoms with E-state index in [1.165, 1.54) is 17.0 Å². The summed E-state index contributed by atoms with van der Waals surface area (Å²) in [7, 11) is 0. The number of imide groups is 2. The van der Waals surface area contributed by atoms with Crippen LogP contribution in [0.4, 0.5) is 17.6 Å². The van der Waals surface area contributed by atoms with Crippen LogP contribution in [0.15, 0.2) is 48.5 Å². The van der Waals surface area contributed by atoms with Crippen molar-refractivity contribution in [3.05, 3.63) is 105 Å². The number of nitrogens with one attached hydrogen (secondary N) is 2. The zero-order valence-corrected chi connectivity index (χ0v) is 32.8. The minimum Gasteiger partial charge on any atom is -0.357 e. The molecule has 2 N–H and O–H groups in total. The van der Waals surface area contributed by atoms with Gasteiger partial charge in [0, 0.05) is 60.8 Å². The van der Waals surface area contributed by atoms with Crippen LogP contribution in [0.1, 0.15) is 106 Å². The highest BCUT2D eigenvalue weighted by Crippen LogP contribution is 2.53. The molecule has 4 amide bonds. The Bertz CT molecular complexity index is 2350. The summed E-state index contributed by atoms with van der Waals surface area (Å²) < 4.78 is 60.1. The number of amides is 4. The smallest absolute Gasteiger partial charge is 0.262 e. The van der Waals surface area contributed by atoms with Gasteiger partial charge in [-0.25, -0.2) is 17.6 Å². The van der Waals surface area contributed by atoms with Gasteiger partial charge in [-0.05, 0) is 122 Å². The Morgan fingerprint density at radius 2 is 1.54 bits per heavy atom. The van der Waals surface area contributed by atoms with Gasteiger partial charge in [-0.15, -0.1) is 0 Å². The van der Waals surface area contributed by atoms with Gasteiger partial charge in [0.2, 0.25) is 11.8 Å². The molecule has 10 rings (SSSR count). The molecule has 1 saturated carbocycles. The lowest BCUT2D eigenvalue weighted by atomic mass is 9.57. The molecule has 3 atom stereocenters. The van der Waals surface area contributed by atoms with Crippen LogP contribution in [0.2, 0.25) is 0 Å². The van der Waals surface area contributed by atoms with Crippen LogP contribution in [0.5, 0.6) is 0 Å². The maximum Gasteiger partial charge on any atom is 0.262 e. The van der Waals surface area contributed by atoms with Crippen molar-refractivity contribution in [1.29, 1.82) is 0 Å². The molecule has 1 aliphatic carbocycles. The number of rotatable bonds is 8. The number of hydrogen-bond donors (Lipinski definition) is 2. The first-order valence-electron chi connectivity index (χ1n) is 20.8. The minimum absolute atomic E-state index is 0.0801. The van der Waals surface area contributed by atoms with E-state index in [9.17, 15) is 28.0 Å². The lowest BCUT2D eigenvalue weighted by Gasteiger charge is -2.53. The minimum atomic E-state index is -2.66. The molecule has 6 heterocycles. The first kappa shape index (κ1) is 38.3. The highest BCUT2D eigenvalue weighted by Gasteiger charge is 2.48. The van der Waals surface area contributed by atoms with E-state index in [0.29, 0.717) is 54.4 Å². The Balaban J connectivity index is 0.753. The molecule has 1 aromatic heterocycles. The third-order valence-corrected chi connectivity index (χ3v) is 14.1. The molecule has 4 aromatic rings. The Kier molecular flexibility index (Phi) is 9.33. The molecular weight excluding hydrogens is 765 g/mol. The molecule has 2 saturated heterocycles. The van der Waals surface area contributed by atoms with E-state index in [2.05, 4.69) is 20.1 Å². The first-order chi connectivity index (χ1) is 28.3. The summed E-state index contributed by atoms with van der Waals surface area (Å²) in [5.74, 6) is -2.92. The van der Waals surface area contributed by atoms with Crippen molar-refractivity contribution in [3.8, 4) is 0 Å². The summed E-state index contributed by atoms with van der Waals surface area (Å²) in [6.45, 7) is 5.55. The predicted octanol–water partition coefficient (Wildman–Crippen LogP) is 6.46. The number of carbonyl (C=O) groups excluding carboxylic acids is 4. The highest BCUT2D eigenvalue weighted by molar-refractivity contribution is 6.23. The molecule has 5 aliphatic heterocycles. The number of hydrogen-bond acceptors (Lipinski definition) is 7. The number of benzene rings is 3. The van der Waals surface area contributed by atoms with Crippen molar-refractivity contribution in [2.75, 3.05) is 26.2 Å². The third-order valence-electron chi connectivity index (χ3n) is 14.1. The molecule has 1 unspecified atom stereocenters. The van der Waals surface area contributed by atoms with Gasteiger partial charge in [-0.2, -0.15) is 0 Å². The average molecular weight is 811 g/mol. The summed E-state index contributed by atoms with van der Waals surface area (Å²) in [5.41, 5.74) is 5.53. The van der Waals surface area contributed by atoms with E-state index in [0.717, 1.165) is 77.8 Å². The Hall–Kier alpha value is -4.92. The molecule has 308 valence electrons. The standard InChI is InChI=1S/C45H46F4N6O4/c1-24-12-30-29-4-2-3-5-35(29)50-40(30)41(54(24)23-37(48)49)39-33(46)13-25(14-34(39)47)19-52-10-8-45(9-11-52)17-26(18-45)20-53-21-27-15-31-32(16-28(27)22-53)44(59)55(43(31)58)36-6-7-38(56)51-42(36)57/h2-5,13-16,24,26,36-37,41,50H,6-12,17-23H2,1H3,(H,51,56,57)/t24-,36?,41-/m1/s1. The molecular formula is C45H46F4N6O4. The van der Waals surface area contributed by atoms with Crippen molar-refractivity contribution in [1.82, 2.24) is 29.9 Å². The quantitative estimate of drug-likeness (QED) is 0.156. The number of fused-ring (bicyclic) bond motifs is 5. The maximum absolute atomic E-state index is 16.2. The first-order valence-corrected chi connectivity index (χ1v) is 20.8. The lowest BCUT2D eigenvalue weighted by Crippen LogP contribution is -2.54. The number of piperidine rings is 2. The fraction of sp³-hybridized carbons (Fsp3) is 0.467. The van der Waals surface area contributed by atoms with Crippen LogP contribution in [0.25, 0.3) is 10.9 Å². The number of carbonyl (C=O) groups is 4. The van der Waals surface area contributed by atoms with Gasteiger partial charge >= 0.3 is 0 Å². The van der Waals surface area contributed by atoms with Gasteiger partial charge in [0.05, 0.1) is 23.7 Å². The molecule has 6 aliphatic rings. The Morgan fingerprint density at radius 1 is 0.881 bits per heavy atom. The Morgan fingerprint density at radius 3 is 2.19 bits per heavy atom. The molecule has 0 bridgehead atoms. The van der Waals surface area contributed by atoms with Gasteiger partial charge in [-0.1, -0.05) is 18.2 Å². The van der Waals surface area contributed by atoms with Crippen LogP contribution in [0.3, 0.4) is 0 Å². The van der Waals surface area contributed by atoms with Crippen molar-refractivity contribution >= 4 is 34.5 Å². The van der Waals surface area contributed by atoms with E-state index in [-0.39, 0.29) is 29.9 Å². The van der Waals surface area contributed by atoms with E-state index >= 15 is 8.78 Å². The summed E-state index contributed by atoms with van der Waals surface area (Å²) in [6.07, 6.45) is 2.24. The van der Waals surface area contributed by atoms with Gasteiger partial charge in [0.1, 0.15) is 17.7 Å². The average Bonchev–Trinajstić information content (AvgIpc) is 3.82. The fourth-order valence-corrected chi connectivity index (χ4v) is 11.3. The van der Waals surface area contributed by atoms with Crippen LogP contribution < -0.4 is 5.32 Å². The van der Waals surface area contributed by atoms with Crippen molar-refractivity contribution in [2.45, 2.75) is 96.1 Å².